The number of carboxylic acid groups (broad SMARTS) is 3. The normalized spacial score (nSPS) is 19.1. The van der Waals surface area contributed by atoms with Gasteiger partial charge in [0.15, 0.2) is 5.60 Å². The van der Waals surface area contributed by atoms with Crippen LogP contribution < -0.4 is 0 Å². The van der Waals surface area contributed by atoms with E-state index < -0.39 is 36.4 Å². The van der Waals surface area contributed by atoms with Gasteiger partial charge in [0.1, 0.15) is 0 Å². The Balaban J connectivity index is 0.000000263. The molecule has 11 nitrogen and oxygen atoms in total. The van der Waals surface area contributed by atoms with E-state index in [2.05, 4.69) is 21.9 Å². The van der Waals surface area contributed by atoms with Crippen molar-refractivity contribution < 1.29 is 39.6 Å². The zero-order chi connectivity index (χ0) is 27.7. The molecule has 1 aromatic rings. The smallest absolute Gasteiger partial charge is 0.336 e. The summed E-state index contributed by atoms with van der Waals surface area (Å²) in [5.41, 5.74) is -0.578. The molecule has 1 saturated carbocycles. The summed E-state index contributed by atoms with van der Waals surface area (Å²) in [5.74, 6) is -2.34. The van der Waals surface area contributed by atoms with E-state index in [4.69, 9.17) is 20.4 Å². The molecule has 0 bridgehead atoms. The predicted molar refractivity (Wildman–Crippen MR) is 141 cm³/mol. The number of thioether (sulfide) groups is 1. The minimum Gasteiger partial charge on any atom is -0.481 e. The van der Waals surface area contributed by atoms with Crippen molar-refractivity contribution in [1.29, 1.82) is 0 Å². The molecule has 2 aliphatic heterocycles. The molecule has 4 rings (SSSR count). The van der Waals surface area contributed by atoms with Crippen molar-refractivity contribution in [3.05, 3.63) is 35.4 Å². The molecule has 0 spiro atoms. The van der Waals surface area contributed by atoms with Gasteiger partial charge in [-0.2, -0.15) is 11.8 Å². The number of carbonyl (C=O) groups is 4. The first-order valence-electron chi connectivity index (χ1n) is 12.9. The molecular weight excluding hydrogens is 514 g/mol. The minimum absolute atomic E-state index is 0.203. The van der Waals surface area contributed by atoms with Crippen LogP contribution in [0.5, 0.6) is 0 Å². The summed E-state index contributed by atoms with van der Waals surface area (Å²) < 4.78 is 0. The fraction of sp³-hybridized carbons (Fsp3) is 0.615. The molecule has 4 N–H and O–H groups in total. The molecule has 0 radical (unpaired) electrons. The van der Waals surface area contributed by atoms with Gasteiger partial charge in [0.25, 0.3) is 5.91 Å². The first-order chi connectivity index (χ1) is 18.1. The lowest BCUT2D eigenvalue weighted by atomic mass is 9.91. The molecule has 12 heteroatoms. The van der Waals surface area contributed by atoms with Gasteiger partial charge in [0.05, 0.1) is 12.8 Å². The standard InChI is InChI=1S/C20H29N3OS.C6H8O7/c24-20(23-10-8-22(9-11-23)19-2-1-3-19)18-6-4-17(5-7-18)16-21-12-14-25-15-13-21;7-3(8)1-6(13,5(11)12)2-4(9)10/h4-7,19H,1-3,8-16H2;13H,1-2H2,(H,7,8)(H,9,10)(H,11,12). The predicted octanol–water partition coefficient (Wildman–Crippen LogP) is 1.30. The number of rotatable bonds is 9. The zero-order valence-corrected chi connectivity index (χ0v) is 22.3. The largest absolute Gasteiger partial charge is 0.481 e. The number of hydrogen-bond donors (Lipinski definition) is 4. The van der Waals surface area contributed by atoms with Gasteiger partial charge in [-0.15, -0.1) is 0 Å². The highest BCUT2D eigenvalue weighted by atomic mass is 32.2. The summed E-state index contributed by atoms with van der Waals surface area (Å²) in [6, 6.07) is 9.12. The van der Waals surface area contributed by atoms with Gasteiger partial charge in [0, 0.05) is 68.9 Å². The Labute approximate surface area is 226 Å². The maximum absolute atomic E-state index is 12.8. The van der Waals surface area contributed by atoms with Crippen molar-refractivity contribution in [1.82, 2.24) is 14.7 Å². The fourth-order valence-electron chi connectivity index (χ4n) is 4.71. The second-order valence-electron chi connectivity index (χ2n) is 9.98. The summed E-state index contributed by atoms with van der Waals surface area (Å²) in [6.45, 7) is 7.20. The van der Waals surface area contributed by atoms with Crippen molar-refractivity contribution in [2.75, 3.05) is 50.8 Å². The lowest BCUT2D eigenvalue weighted by Gasteiger charge is -2.42. The second kappa shape index (κ2) is 13.9. The highest BCUT2D eigenvalue weighted by molar-refractivity contribution is 7.99. The highest BCUT2D eigenvalue weighted by Gasteiger charge is 2.40. The number of amides is 1. The van der Waals surface area contributed by atoms with E-state index in [1.165, 1.54) is 49.4 Å². The van der Waals surface area contributed by atoms with Gasteiger partial charge in [-0.3, -0.25) is 24.2 Å². The van der Waals surface area contributed by atoms with Gasteiger partial charge < -0.3 is 25.3 Å². The van der Waals surface area contributed by atoms with Gasteiger partial charge in [-0.1, -0.05) is 18.6 Å². The number of aliphatic carboxylic acids is 3. The van der Waals surface area contributed by atoms with E-state index in [0.29, 0.717) is 0 Å². The van der Waals surface area contributed by atoms with E-state index in [1.807, 2.05) is 28.8 Å². The Morgan fingerprint density at radius 2 is 1.39 bits per heavy atom. The summed E-state index contributed by atoms with van der Waals surface area (Å²) in [4.78, 5) is 50.4. The van der Waals surface area contributed by atoms with Gasteiger partial charge >= 0.3 is 17.9 Å². The summed E-state index contributed by atoms with van der Waals surface area (Å²) in [6.07, 6.45) is 1.80. The summed E-state index contributed by atoms with van der Waals surface area (Å²) >= 11 is 2.04. The third-order valence-electron chi connectivity index (χ3n) is 7.19. The average Bonchev–Trinajstić information content (AvgIpc) is 2.83. The summed E-state index contributed by atoms with van der Waals surface area (Å²) in [5, 5.41) is 33.8. The van der Waals surface area contributed by atoms with Crippen LogP contribution in [-0.2, 0) is 20.9 Å². The van der Waals surface area contributed by atoms with Crippen molar-refractivity contribution in [2.24, 2.45) is 0 Å². The van der Waals surface area contributed by atoms with Crippen LogP contribution in [0, 0.1) is 0 Å². The molecular formula is C26H37N3O8S. The van der Waals surface area contributed by atoms with Crippen LogP contribution in [0.3, 0.4) is 0 Å². The van der Waals surface area contributed by atoms with Gasteiger partial charge in [-0.05, 0) is 30.5 Å². The number of aliphatic hydroxyl groups is 1. The molecule has 38 heavy (non-hydrogen) atoms. The van der Waals surface area contributed by atoms with Crippen LogP contribution in [0.15, 0.2) is 24.3 Å². The molecule has 1 aromatic carbocycles. The zero-order valence-electron chi connectivity index (χ0n) is 21.5. The third-order valence-corrected chi connectivity index (χ3v) is 8.13. The fourth-order valence-corrected chi connectivity index (χ4v) is 5.69. The van der Waals surface area contributed by atoms with E-state index in [0.717, 1.165) is 44.3 Å². The van der Waals surface area contributed by atoms with Crippen LogP contribution in [0.2, 0.25) is 0 Å². The molecule has 0 aromatic heterocycles. The van der Waals surface area contributed by atoms with Crippen molar-refractivity contribution in [3.63, 3.8) is 0 Å². The summed E-state index contributed by atoms with van der Waals surface area (Å²) in [7, 11) is 0. The molecule has 2 heterocycles. The van der Waals surface area contributed by atoms with Crippen molar-refractivity contribution in [2.45, 2.75) is 50.3 Å². The van der Waals surface area contributed by atoms with E-state index in [9.17, 15) is 19.2 Å². The lowest BCUT2D eigenvalue weighted by molar-refractivity contribution is -0.170. The van der Waals surface area contributed by atoms with Crippen molar-refractivity contribution in [3.8, 4) is 0 Å². The van der Waals surface area contributed by atoms with E-state index >= 15 is 0 Å². The molecule has 210 valence electrons. The SMILES string of the molecule is O=C(O)CC(O)(CC(=O)O)C(=O)O.O=C(c1ccc(CN2CCSCC2)cc1)N1CCN(C2CCC2)CC1. The quantitative estimate of drug-likeness (QED) is 0.350. The first-order valence-corrected chi connectivity index (χ1v) is 14.0. The molecule has 1 amide bonds. The van der Waals surface area contributed by atoms with Gasteiger partial charge in [0.2, 0.25) is 0 Å². The van der Waals surface area contributed by atoms with Crippen LogP contribution >= 0.6 is 11.8 Å². The number of benzene rings is 1. The Kier molecular flexibility index (Phi) is 11.0. The third kappa shape index (κ3) is 8.69. The molecule has 0 atom stereocenters. The van der Waals surface area contributed by atoms with Gasteiger partial charge in [-0.25, -0.2) is 4.79 Å². The number of nitrogens with zero attached hydrogens (tertiary/aromatic N) is 3. The number of carboxylic acids is 3. The van der Waals surface area contributed by atoms with Crippen LogP contribution in [0.4, 0.5) is 0 Å². The molecule has 3 fully saturated rings. The number of hydrogen-bond acceptors (Lipinski definition) is 8. The first kappa shape index (κ1) is 29.9. The maximum atomic E-state index is 12.8. The Morgan fingerprint density at radius 1 is 0.842 bits per heavy atom. The van der Waals surface area contributed by atoms with Crippen LogP contribution in [-0.4, -0.2) is 121 Å². The topological polar surface area (TPSA) is 159 Å². The van der Waals surface area contributed by atoms with E-state index in [1.54, 1.807) is 0 Å². The number of piperazine rings is 1. The maximum Gasteiger partial charge on any atom is 0.336 e. The van der Waals surface area contributed by atoms with Crippen LogP contribution in [0.1, 0.15) is 48.0 Å². The Hall–Kier alpha value is -2.67. The molecule has 2 saturated heterocycles. The number of carbonyl (C=O) groups excluding carboxylic acids is 1. The lowest BCUT2D eigenvalue weighted by Crippen LogP contribution is -2.53. The average molecular weight is 552 g/mol. The van der Waals surface area contributed by atoms with Crippen molar-refractivity contribution >= 4 is 35.6 Å². The van der Waals surface area contributed by atoms with Crippen LogP contribution in [0.25, 0.3) is 0 Å². The van der Waals surface area contributed by atoms with E-state index in [-0.39, 0.29) is 5.91 Å². The Morgan fingerprint density at radius 3 is 1.84 bits per heavy atom. The molecule has 0 unspecified atom stereocenters. The highest BCUT2D eigenvalue weighted by Crippen LogP contribution is 2.26. The second-order valence-corrected chi connectivity index (χ2v) is 11.2. The molecule has 3 aliphatic rings. The Bertz CT molecular complexity index is 955. The minimum atomic E-state index is -2.74. The molecule has 1 aliphatic carbocycles. The monoisotopic (exact) mass is 551 g/mol.